The van der Waals surface area contributed by atoms with Crippen LogP contribution in [0, 0.1) is 72.9 Å². The SMILES string of the molecule is CC1=C(C)[C@]2(C)C(C)[C@@]1(C)C(C#N)(C#N)C2(C#N)C#N. The van der Waals surface area contributed by atoms with Crippen LogP contribution in [-0.2, 0) is 0 Å². The fourth-order valence-corrected chi connectivity index (χ4v) is 4.85. The molecule has 2 bridgehead atoms. The molecule has 1 saturated carbocycles. The lowest BCUT2D eigenvalue weighted by atomic mass is 9.49. The van der Waals surface area contributed by atoms with Crippen molar-refractivity contribution in [2.45, 2.75) is 34.6 Å². The Morgan fingerprint density at radius 2 is 1.00 bits per heavy atom. The van der Waals surface area contributed by atoms with Gasteiger partial charge >= 0.3 is 0 Å². The van der Waals surface area contributed by atoms with Gasteiger partial charge in [0.05, 0.1) is 24.3 Å². The molecule has 0 spiro atoms. The highest BCUT2D eigenvalue weighted by Gasteiger charge is 2.84. The molecule has 100 valence electrons. The summed E-state index contributed by atoms with van der Waals surface area (Å²) in [4.78, 5) is 0. The van der Waals surface area contributed by atoms with E-state index in [1.54, 1.807) is 0 Å². The Bertz CT molecular complexity index is 615. The minimum atomic E-state index is -1.64. The second kappa shape index (κ2) is 3.42. The van der Waals surface area contributed by atoms with E-state index < -0.39 is 21.7 Å². The van der Waals surface area contributed by atoms with Crippen LogP contribution in [0.5, 0.6) is 0 Å². The quantitative estimate of drug-likeness (QED) is 0.628. The normalized spacial score (nSPS) is 39.5. The Labute approximate surface area is 119 Å². The lowest BCUT2D eigenvalue weighted by Gasteiger charge is -2.44. The van der Waals surface area contributed by atoms with Crippen molar-refractivity contribution in [1.29, 1.82) is 21.0 Å². The van der Waals surface area contributed by atoms with Gasteiger partial charge in [-0.3, -0.25) is 0 Å². The van der Waals surface area contributed by atoms with Crippen LogP contribution in [0.4, 0.5) is 0 Å². The monoisotopic (exact) mass is 264 g/mol. The van der Waals surface area contributed by atoms with Crippen molar-refractivity contribution in [1.82, 2.24) is 0 Å². The molecule has 4 heteroatoms. The summed E-state index contributed by atoms with van der Waals surface area (Å²) in [6, 6.07) is 8.23. The van der Waals surface area contributed by atoms with Crippen molar-refractivity contribution in [3.05, 3.63) is 11.1 Å². The number of fused-ring (bicyclic) bond motifs is 2. The molecule has 0 amide bonds. The molecule has 0 aliphatic heterocycles. The van der Waals surface area contributed by atoms with Gasteiger partial charge in [0.15, 0.2) is 10.8 Å². The van der Waals surface area contributed by atoms with E-state index in [1.807, 2.05) is 34.6 Å². The van der Waals surface area contributed by atoms with Crippen LogP contribution in [0.3, 0.4) is 0 Å². The zero-order valence-electron chi connectivity index (χ0n) is 12.4. The van der Waals surface area contributed by atoms with Crippen molar-refractivity contribution >= 4 is 0 Å². The summed E-state index contributed by atoms with van der Waals surface area (Å²) in [6.45, 7) is 9.48. The molecule has 2 aliphatic rings. The molecule has 0 aromatic heterocycles. The summed E-state index contributed by atoms with van der Waals surface area (Å²) in [5.41, 5.74) is -2.89. The summed E-state index contributed by atoms with van der Waals surface area (Å²) in [7, 11) is 0. The zero-order valence-corrected chi connectivity index (χ0v) is 12.4. The summed E-state index contributed by atoms with van der Waals surface area (Å²) in [6.07, 6.45) is 0. The summed E-state index contributed by atoms with van der Waals surface area (Å²) >= 11 is 0. The third kappa shape index (κ3) is 0.810. The molecule has 3 atom stereocenters. The lowest BCUT2D eigenvalue weighted by molar-refractivity contribution is 0.155. The van der Waals surface area contributed by atoms with Crippen LogP contribution >= 0.6 is 0 Å². The maximum atomic E-state index is 9.74. The molecule has 0 radical (unpaired) electrons. The Morgan fingerprint density at radius 1 is 0.750 bits per heavy atom. The van der Waals surface area contributed by atoms with Gasteiger partial charge in [-0.25, -0.2) is 0 Å². The van der Waals surface area contributed by atoms with Gasteiger partial charge in [-0.2, -0.15) is 21.0 Å². The van der Waals surface area contributed by atoms with Crippen LogP contribution in [0.1, 0.15) is 34.6 Å². The topological polar surface area (TPSA) is 95.2 Å². The van der Waals surface area contributed by atoms with Gasteiger partial charge in [0, 0.05) is 10.8 Å². The van der Waals surface area contributed by atoms with Crippen LogP contribution in [0.2, 0.25) is 0 Å². The Morgan fingerprint density at radius 3 is 1.20 bits per heavy atom. The molecule has 4 nitrogen and oxygen atoms in total. The molecule has 2 rings (SSSR count). The van der Waals surface area contributed by atoms with E-state index in [0.29, 0.717) is 0 Å². The molecule has 20 heavy (non-hydrogen) atoms. The van der Waals surface area contributed by atoms with E-state index in [2.05, 4.69) is 24.3 Å². The first-order valence-electron chi connectivity index (χ1n) is 6.55. The predicted molar refractivity (Wildman–Crippen MR) is 71.1 cm³/mol. The largest absolute Gasteiger partial charge is 0.196 e. The molecule has 0 aromatic rings. The van der Waals surface area contributed by atoms with Crippen molar-refractivity contribution < 1.29 is 0 Å². The molecule has 0 aromatic carbocycles. The van der Waals surface area contributed by atoms with Gasteiger partial charge < -0.3 is 0 Å². The molecule has 1 unspecified atom stereocenters. The van der Waals surface area contributed by atoms with E-state index in [1.165, 1.54) is 0 Å². The Kier molecular flexibility index (Phi) is 2.41. The summed E-state index contributed by atoms with van der Waals surface area (Å²) < 4.78 is 0. The minimum Gasteiger partial charge on any atom is -0.196 e. The lowest BCUT2D eigenvalue weighted by Crippen LogP contribution is -2.51. The maximum absolute atomic E-state index is 9.74. The average molecular weight is 264 g/mol. The molecular formula is C16H16N4. The smallest absolute Gasteiger partial charge is 0.185 e. The number of nitriles is 4. The van der Waals surface area contributed by atoms with Crippen LogP contribution in [0.25, 0.3) is 0 Å². The van der Waals surface area contributed by atoms with Crippen LogP contribution < -0.4 is 0 Å². The van der Waals surface area contributed by atoms with Gasteiger partial charge in [0.1, 0.15) is 0 Å². The highest BCUT2D eigenvalue weighted by molar-refractivity contribution is 5.58. The molecule has 0 N–H and O–H groups in total. The fourth-order valence-electron chi connectivity index (χ4n) is 4.85. The summed E-state index contributed by atoms with van der Waals surface area (Å²) in [5.74, 6) is -0.117. The first kappa shape index (κ1) is 14.1. The summed E-state index contributed by atoms with van der Waals surface area (Å²) in [5, 5.41) is 39.0. The minimum absolute atomic E-state index is 0.117. The second-order valence-electron chi connectivity index (χ2n) is 6.32. The first-order valence-corrected chi connectivity index (χ1v) is 6.55. The zero-order chi connectivity index (χ0) is 15.6. The molecule has 2 aliphatic carbocycles. The van der Waals surface area contributed by atoms with E-state index >= 15 is 0 Å². The van der Waals surface area contributed by atoms with E-state index in [-0.39, 0.29) is 5.92 Å². The van der Waals surface area contributed by atoms with Crippen LogP contribution in [-0.4, -0.2) is 0 Å². The van der Waals surface area contributed by atoms with Crippen molar-refractivity contribution in [2.24, 2.45) is 27.6 Å². The standard InChI is InChI=1S/C16H16N4/c1-10-11(2)14(5)12(3)13(10,4)15(6-17,7-18)16(14,8-19)9-20/h12H,1-5H3/t12?,13-,14+. The molecule has 0 heterocycles. The van der Waals surface area contributed by atoms with Crippen molar-refractivity contribution in [3.8, 4) is 24.3 Å². The second-order valence-corrected chi connectivity index (χ2v) is 6.32. The van der Waals surface area contributed by atoms with E-state index in [0.717, 1.165) is 11.1 Å². The number of hydrogen-bond donors (Lipinski definition) is 0. The number of rotatable bonds is 0. The van der Waals surface area contributed by atoms with Gasteiger partial charge in [0.25, 0.3) is 0 Å². The number of nitrogens with zero attached hydrogens (tertiary/aromatic N) is 4. The van der Waals surface area contributed by atoms with Crippen LogP contribution in [0.15, 0.2) is 11.1 Å². The van der Waals surface area contributed by atoms with Crippen molar-refractivity contribution in [2.75, 3.05) is 0 Å². The average Bonchev–Trinajstić information content (AvgIpc) is 2.68. The fraction of sp³-hybridized carbons (Fsp3) is 0.625. The van der Waals surface area contributed by atoms with Gasteiger partial charge in [0.2, 0.25) is 0 Å². The van der Waals surface area contributed by atoms with Crippen molar-refractivity contribution in [3.63, 3.8) is 0 Å². The van der Waals surface area contributed by atoms with E-state index in [9.17, 15) is 21.0 Å². The molecular weight excluding hydrogens is 248 g/mol. The third-order valence-corrected chi connectivity index (χ3v) is 6.64. The van der Waals surface area contributed by atoms with Gasteiger partial charge in [-0.1, -0.05) is 31.9 Å². The highest BCUT2D eigenvalue weighted by Crippen LogP contribution is 2.81. The van der Waals surface area contributed by atoms with Gasteiger partial charge in [-0.05, 0) is 19.8 Å². The number of allylic oxidation sites excluding steroid dienone is 2. The van der Waals surface area contributed by atoms with E-state index in [4.69, 9.17) is 0 Å². The third-order valence-electron chi connectivity index (χ3n) is 6.64. The molecule has 1 fully saturated rings. The van der Waals surface area contributed by atoms with Gasteiger partial charge in [-0.15, -0.1) is 0 Å². The highest BCUT2D eigenvalue weighted by atomic mass is 14.8. The maximum Gasteiger partial charge on any atom is 0.185 e. The Balaban J connectivity index is 3.11. The Hall–Kier alpha value is -2.30. The predicted octanol–water partition coefficient (Wildman–Crippen LogP) is 3.07. The molecule has 0 saturated heterocycles. The number of hydrogen-bond acceptors (Lipinski definition) is 4. The first-order chi connectivity index (χ1) is 9.21.